The summed E-state index contributed by atoms with van der Waals surface area (Å²) in [6.07, 6.45) is -0.733. The van der Waals surface area contributed by atoms with E-state index < -0.39 is 17.7 Å². The third kappa shape index (κ3) is 2.32. The van der Waals surface area contributed by atoms with Crippen LogP contribution in [0.25, 0.3) is 0 Å². The minimum Gasteiger partial charge on any atom is -0.465 e. The highest BCUT2D eigenvalue weighted by Gasteiger charge is 2.38. The fraction of sp³-hybridized carbons (Fsp3) is 0.875. The van der Waals surface area contributed by atoms with Crippen LogP contribution in [0.5, 0.6) is 0 Å². The fourth-order valence-corrected chi connectivity index (χ4v) is 1.60. The highest BCUT2D eigenvalue weighted by Crippen LogP contribution is 2.24. The summed E-state index contributed by atoms with van der Waals surface area (Å²) in [6, 6.07) is 0. The first-order valence-electron chi connectivity index (χ1n) is 4.34. The van der Waals surface area contributed by atoms with E-state index in [0.717, 1.165) is 0 Å². The summed E-state index contributed by atoms with van der Waals surface area (Å²) in [7, 11) is 0. The van der Waals surface area contributed by atoms with Crippen LogP contribution in [0.3, 0.4) is 0 Å². The second-order valence-corrected chi connectivity index (χ2v) is 3.37. The first-order chi connectivity index (χ1) is 6.07. The number of aliphatic hydroxyl groups is 1. The molecular formula is C8H15NO4. The van der Waals surface area contributed by atoms with Crippen molar-refractivity contribution in [1.82, 2.24) is 5.32 Å². The van der Waals surface area contributed by atoms with Gasteiger partial charge in [0.05, 0.1) is 11.6 Å². The maximum Gasteiger partial charge on any atom is 0.405 e. The Kier molecular flexibility index (Phi) is 3.11. The van der Waals surface area contributed by atoms with E-state index in [4.69, 9.17) is 9.84 Å². The Bertz CT molecular complexity index is 187. The molecule has 1 saturated heterocycles. The Morgan fingerprint density at radius 2 is 2.08 bits per heavy atom. The molecule has 1 aliphatic rings. The van der Waals surface area contributed by atoms with Crippen molar-refractivity contribution < 1.29 is 19.7 Å². The normalized spacial score (nSPS) is 23.5. The van der Waals surface area contributed by atoms with Crippen LogP contribution in [0.2, 0.25) is 0 Å². The third-order valence-corrected chi connectivity index (χ3v) is 2.54. The number of rotatable bonds is 2. The molecule has 76 valence electrons. The molecule has 0 bridgehead atoms. The zero-order valence-electron chi connectivity index (χ0n) is 7.62. The molecule has 3 N–H and O–H groups in total. The van der Waals surface area contributed by atoms with Crippen molar-refractivity contribution in [3.63, 3.8) is 0 Å². The van der Waals surface area contributed by atoms with Gasteiger partial charge in [0.15, 0.2) is 0 Å². The number of nitrogens with one attached hydrogen (secondary N) is 1. The summed E-state index contributed by atoms with van der Waals surface area (Å²) in [5.41, 5.74) is -0.718. The molecule has 0 radical (unpaired) electrons. The van der Waals surface area contributed by atoms with Gasteiger partial charge in [0.1, 0.15) is 0 Å². The summed E-state index contributed by atoms with van der Waals surface area (Å²) in [4.78, 5) is 10.5. The Hall–Kier alpha value is -0.810. The van der Waals surface area contributed by atoms with Crippen LogP contribution in [0.1, 0.15) is 19.8 Å². The van der Waals surface area contributed by atoms with Crippen molar-refractivity contribution in [1.29, 1.82) is 0 Å². The van der Waals surface area contributed by atoms with Crippen LogP contribution in [0.15, 0.2) is 0 Å². The number of carboxylic acid groups (broad SMARTS) is 1. The lowest BCUT2D eigenvalue weighted by Gasteiger charge is -2.39. The molecule has 0 aromatic heterocycles. The lowest BCUT2D eigenvalue weighted by atomic mass is 9.85. The molecule has 1 heterocycles. The standard InChI is InChI=1S/C8H15NO4/c1-6(10)8(9-7(11)12)2-4-13-5-3-8/h6,9-10H,2-5H2,1H3,(H,11,12). The highest BCUT2D eigenvalue weighted by molar-refractivity contribution is 5.65. The van der Waals surface area contributed by atoms with E-state index in [0.29, 0.717) is 26.1 Å². The molecule has 1 fully saturated rings. The molecule has 1 rings (SSSR count). The number of hydrogen-bond acceptors (Lipinski definition) is 3. The van der Waals surface area contributed by atoms with Crippen LogP contribution in [0, 0.1) is 0 Å². The molecule has 5 nitrogen and oxygen atoms in total. The van der Waals surface area contributed by atoms with Gasteiger partial charge in [0.25, 0.3) is 0 Å². The van der Waals surface area contributed by atoms with Gasteiger partial charge in [-0.05, 0) is 19.8 Å². The monoisotopic (exact) mass is 189 g/mol. The molecule has 1 atom stereocenters. The van der Waals surface area contributed by atoms with Gasteiger partial charge in [-0.15, -0.1) is 0 Å². The zero-order chi connectivity index (χ0) is 9.90. The topological polar surface area (TPSA) is 78.8 Å². The highest BCUT2D eigenvalue weighted by atomic mass is 16.5. The van der Waals surface area contributed by atoms with Crippen molar-refractivity contribution >= 4 is 6.09 Å². The number of carbonyl (C=O) groups is 1. The summed E-state index contributed by atoms with van der Waals surface area (Å²) in [5.74, 6) is 0. The Morgan fingerprint density at radius 1 is 1.54 bits per heavy atom. The Labute approximate surface area is 76.7 Å². The van der Waals surface area contributed by atoms with Crippen LogP contribution < -0.4 is 5.32 Å². The first-order valence-corrected chi connectivity index (χ1v) is 4.34. The van der Waals surface area contributed by atoms with Gasteiger partial charge in [0.2, 0.25) is 0 Å². The zero-order valence-corrected chi connectivity index (χ0v) is 7.62. The minimum absolute atomic E-state index is 0.491. The van der Waals surface area contributed by atoms with E-state index in [9.17, 15) is 9.90 Å². The molecule has 0 saturated carbocycles. The third-order valence-electron chi connectivity index (χ3n) is 2.54. The van der Waals surface area contributed by atoms with Gasteiger partial charge in [-0.1, -0.05) is 0 Å². The Balaban J connectivity index is 2.67. The van der Waals surface area contributed by atoms with Crippen LogP contribution in [-0.2, 0) is 4.74 Å². The number of aliphatic hydroxyl groups excluding tert-OH is 1. The van der Waals surface area contributed by atoms with Gasteiger partial charge in [0, 0.05) is 13.2 Å². The van der Waals surface area contributed by atoms with Gasteiger partial charge in [-0.3, -0.25) is 0 Å². The molecule has 1 amide bonds. The molecule has 0 aromatic rings. The maximum atomic E-state index is 10.5. The molecule has 0 spiro atoms. The van der Waals surface area contributed by atoms with E-state index >= 15 is 0 Å². The molecule has 5 heteroatoms. The molecular weight excluding hydrogens is 174 g/mol. The SMILES string of the molecule is CC(O)C1(NC(=O)O)CCOCC1. The van der Waals surface area contributed by atoms with E-state index in [1.807, 2.05) is 0 Å². The minimum atomic E-state index is -1.09. The molecule has 1 unspecified atom stereocenters. The molecule has 13 heavy (non-hydrogen) atoms. The number of ether oxygens (including phenoxy) is 1. The van der Waals surface area contributed by atoms with Gasteiger partial charge in [-0.25, -0.2) is 4.79 Å². The van der Waals surface area contributed by atoms with Crippen LogP contribution in [0.4, 0.5) is 4.79 Å². The molecule has 0 aliphatic carbocycles. The number of hydrogen-bond donors (Lipinski definition) is 3. The van der Waals surface area contributed by atoms with Crippen molar-refractivity contribution in [2.75, 3.05) is 13.2 Å². The lowest BCUT2D eigenvalue weighted by Crippen LogP contribution is -2.58. The van der Waals surface area contributed by atoms with E-state index in [1.54, 1.807) is 6.92 Å². The molecule has 1 aliphatic heterocycles. The second-order valence-electron chi connectivity index (χ2n) is 3.37. The molecule has 0 aromatic carbocycles. The smallest absolute Gasteiger partial charge is 0.405 e. The average molecular weight is 189 g/mol. The van der Waals surface area contributed by atoms with Crippen molar-refractivity contribution in [2.45, 2.75) is 31.4 Å². The van der Waals surface area contributed by atoms with E-state index in [-0.39, 0.29) is 0 Å². The summed E-state index contributed by atoms with van der Waals surface area (Å²) >= 11 is 0. The van der Waals surface area contributed by atoms with Gasteiger partial charge >= 0.3 is 6.09 Å². The summed E-state index contributed by atoms with van der Waals surface area (Å²) in [5, 5.41) is 20.5. The number of amides is 1. The van der Waals surface area contributed by atoms with Crippen molar-refractivity contribution in [2.24, 2.45) is 0 Å². The van der Waals surface area contributed by atoms with E-state index in [1.165, 1.54) is 0 Å². The first kappa shape index (κ1) is 10.3. The maximum absolute atomic E-state index is 10.5. The summed E-state index contributed by atoms with van der Waals surface area (Å²) < 4.78 is 5.11. The van der Waals surface area contributed by atoms with Crippen molar-refractivity contribution in [3.8, 4) is 0 Å². The second kappa shape index (κ2) is 3.93. The average Bonchev–Trinajstić information content (AvgIpc) is 2.04. The largest absolute Gasteiger partial charge is 0.465 e. The predicted molar refractivity (Wildman–Crippen MR) is 45.6 cm³/mol. The Morgan fingerprint density at radius 3 is 2.46 bits per heavy atom. The van der Waals surface area contributed by atoms with Gasteiger partial charge in [-0.2, -0.15) is 0 Å². The lowest BCUT2D eigenvalue weighted by molar-refractivity contribution is -0.0194. The van der Waals surface area contributed by atoms with Crippen LogP contribution >= 0.6 is 0 Å². The van der Waals surface area contributed by atoms with Gasteiger partial charge < -0.3 is 20.3 Å². The predicted octanol–water partition coefficient (Wildman–Crippen LogP) is 0.184. The van der Waals surface area contributed by atoms with E-state index in [2.05, 4.69) is 5.32 Å². The fourth-order valence-electron chi connectivity index (χ4n) is 1.60. The van der Waals surface area contributed by atoms with Crippen LogP contribution in [-0.4, -0.2) is 41.2 Å². The quantitative estimate of drug-likeness (QED) is 0.579. The van der Waals surface area contributed by atoms with Crippen molar-refractivity contribution in [3.05, 3.63) is 0 Å². The summed E-state index contributed by atoms with van der Waals surface area (Å²) in [6.45, 7) is 2.58.